The van der Waals surface area contributed by atoms with Gasteiger partial charge < -0.3 is 5.32 Å². The first kappa shape index (κ1) is 19.3. The third kappa shape index (κ3) is 3.90. The van der Waals surface area contributed by atoms with E-state index in [1.54, 1.807) is 35.6 Å². The Balaban J connectivity index is 1.53. The predicted molar refractivity (Wildman–Crippen MR) is 113 cm³/mol. The molecule has 1 atom stereocenters. The zero-order valence-electron chi connectivity index (χ0n) is 16.0. The summed E-state index contributed by atoms with van der Waals surface area (Å²) in [5.74, 6) is 2.42. The number of nitrogens with one attached hydrogen (secondary N) is 1. The monoisotopic (exact) mass is 416 g/mol. The summed E-state index contributed by atoms with van der Waals surface area (Å²) in [6, 6.07) is 6.70. The molecule has 0 radical (unpaired) electrons. The van der Waals surface area contributed by atoms with Crippen LogP contribution < -0.4 is 10.5 Å². The lowest BCUT2D eigenvalue weighted by Gasteiger charge is -2.18. The van der Waals surface area contributed by atoms with Crippen LogP contribution in [0.4, 0.5) is 5.82 Å². The molecule has 1 aromatic carbocycles. The first-order chi connectivity index (χ1) is 13.3. The van der Waals surface area contributed by atoms with Gasteiger partial charge in [-0.2, -0.15) is 0 Å². The minimum atomic E-state index is -3.65. The molecule has 8 heteroatoms. The lowest BCUT2D eigenvalue weighted by molar-refractivity contribution is 0.509. The molecule has 0 saturated heterocycles. The quantitative estimate of drug-likeness (QED) is 0.664. The molecule has 1 aliphatic rings. The van der Waals surface area contributed by atoms with Crippen molar-refractivity contribution in [3.8, 4) is 0 Å². The van der Waals surface area contributed by atoms with E-state index in [0.29, 0.717) is 6.54 Å². The van der Waals surface area contributed by atoms with Gasteiger partial charge in [-0.15, -0.1) is 11.3 Å². The van der Waals surface area contributed by atoms with Gasteiger partial charge in [0.05, 0.1) is 10.3 Å². The lowest BCUT2D eigenvalue weighted by Crippen LogP contribution is -2.12. The molecule has 0 fully saturated rings. The second kappa shape index (κ2) is 7.42. The van der Waals surface area contributed by atoms with E-state index in [2.05, 4.69) is 22.2 Å². The Morgan fingerprint density at radius 2 is 2.00 bits per heavy atom. The number of thiophene rings is 1. The molecule has 148 valence electrons. The van der Waals surface area contributed by atoms with Crippen molar-refractivity contribution in [3.05, 3.63) is 46.1 Å². The molecule has 0 unspecified atom stereocenters. The van der Waals surface area contributed by atoms with E-state index in [1.807, 2.05) is 6.92 Å². The highest BCUT2D eigenvalue weighted by Gasteiger charge is 2.23. The number of aromatic nitrogens is 2. The number of anilines is 1. The van der Waals surface area contributed by atoms with Crippen LogP contribution in [0.3, 0.4) is 0 Å². The molecule has 6 nitrogen and oxygen atoms in total. The summed E-state index contributed by atoms with van der Waals surface area (Å²) in [5.41, 5.74) is 2.46. The smallest absolute Gasteiger partial charge is 0.238 e. The van der Waals surface area contributed by atoms with E-state index in [1.165, 1.54) is 22.2 Å². The van der Waals surface area contributed by atoms with Crippen LogP contribution in [0, 0.1) is 12.8 Å². The van der Waals surface area contributed by atoms with Gasteiger partial charge >= 0.3 is 0 Å². The third-order valence-electron chi connectivity index (χ3n) is 5.22. The number of hydrogen-bond donors (Lipinski definition) is 2. The molecular weight excluding hydrogens is 392 g/mol. The highest BCUT2D eigenvalue weighted by Crippen LogP contribution is 2.39. The van der Waals surface area contributed by atoms with Crippen molar-refractivity contribution in [2.24, 2.45) is 11.1 Å². The van der Waals surface area contributed by atoms with Crippen molar-refractivity contribution in [2.75, 3.05) is 11.9 Å². The van der Waals surface area contributed by atoms with Gasteiger partial charge in [-0.1, -0.05) is 19.1 Å². The lowest BCUT2D eigenvalue weighted by atomic mass is 9.89. The van der Waals surface area contributed by atoms with Crippen LogP contribution in [0.15, 0.2) is 29.2 Å². The van der Waals surface area contributed by atoms with Crippen LogP contribution in [0.1, 0.15) is 35.2 Å². The van der Waals surface area contributed by atoms with Crippen LogP contribution in [-0.4, -0.2) is 24.9 Å². The van der Waals surface area contributed by atoms with Gasteiger partial charge in [0.15, 0.2) is 0 Å². The number of fused-ring (bicyclic) bond motifs is 3. The van der Waals surface area contributed by atoms with E-state index in [-0.39, 0.29) is 4.90 Å². The zero-order chi connectivity index (χ0) is 19.9. The molecule has 0 aliphatic heterocycles. The highest BCUT2D eigenvalue weighted by atomic mass is 32.2. The van der Waals surface area contributed by atoms with Gasteiger partial charge in [-0.3, -0.25) is 0 Å². The summed E-state index contributed by atoms with van der Waals surface area (Å²) in [6.45, 7) is 4.95. The molecule has 2 heterocycles. The summed E-state index contributed by atoms with van der Waals surface area (Å²) in [6.07, 6.45) is 4.19. The van der Waals surface area contributed by atoms with Crippen LogP contribution in [0.2, 0.25) is 0 Å². The molecule has 0 amide bonds. The Labute approximate surface area is 169 Å². The van der Waals surface area contributed by atoms with Gasteiger partial charge in [0.1, 0.15) is 16.5 Å². The van der Waals surface area contributed by atoms with Crippen LogP contribution in [0.25, 0.3) is 10.2 Å². The molecule has 0 spiro atoms. The summed E-state index contributed by atoms with van der Waals surface area (Å²) < 4.78 is 22.7. The number of nitrogens with zero attached hydrogens (tertiary/aromatic N) is 2. The highest BCUT2D eigenvalue weighted by molar-refractivity contribution is 7.89. The Bertz CT molecular complexity index is 1120. The van der Waals surface area contributed by atoms with Crippen LogP contribution >= 0.6 is 11.3 Å². The first-order valence-electron chi connectivity index (χ1n) is 9.46. The van der Waals surface area contributed by atoms with Gasteiger partial charge in [0.25, 0.3) is 0 Å². The topological polar surface area (TPSA) is 98.0 Å². The fraction of sp³-hybridized carbons (Fsp3) is 0.400. The standard InChI is InChI=1S/C20H24N4O2S2/c1-12-3-8-16-17(11-12)27-20-18(16)19(23-13(2)24-20)22-10-9-14-4-6-15(7-5-14)28(21,25)26/h4-7,12H,3,8-11H2,1-2H3,(H2,21,25,26)(H,22,23,24)/t12-/m1/s1. The fourth-order valence-corrected chi connectivity index (χ4v) is 5.69. The molecule has 28 heavy (non-hydrogen) atoms. The normalized spacial score (nSPS) is 16.9. The number of hydrogen-bond acceptors (Lipinski definition) is 6. The molecule has 4 rings (SSSR count). The first-order valence-corrected chi connectivity index (χ1v) is 11.8. The Kier molecular flexibility index (Phi) is 5.11. The van der Waals surface area contributed by atoms with Crippen molar-refractivity contribution in [1.82, 2.24) is 9.97 Å². The molecule has 3 aromatic rings. The number of benzene rings is 1. The van der Waals surface area contributed by atoms with E-state index in [4.69, 9.17) is 5.14 Å². The number of primary sulfonamides is 1. The van der Waals surface area contributed by atoms with Crippen LogP contribution in [-0.2, 0) is 29.3 Å². The Morgan fingerprint density at radius 1 is 1.25 bits per heavy atom. The summed E-state index contributed by atoms with van der Waals surface area (Å²) in [5, 5.41) is 9.82. The summed E-state index contributed by atoms with van der Waals surface area (Å²) in [4.78, 5) is 12.0. The van der Waals surface area contributed by atoms with Gasteiger partial charge in [0.2, 0.25) is 10.0 Å². The van der Waals surface area contributed by atoms with E-state index < -0.39 is 10.0 Å². The largest absolute Gasteiger partial charge is 0.369 e. The van der Waals surface area contributed by atoms with Gasteiger partial charge in [-0.25, -0.2) is 23.5 Å². The van der Waals surface area contributed by atoms with Crippen molar-refractivity contribution < 1.29 is 8.42 Å². The maximum atomic E-state index is 11.4. The van der Waals surface area contributed by atoms with Gasteiger partial charge in [-0.05, 0) is 61.8 Å². The molecule has 1 aliphatic carbocycles. The second-order valence-electron chi connectivity index (χ2n) is 7.52. The van der Waals surface area contributed by atoms with Crippen molar-refractivity contribution in [1.29, 1.82) is 0 Å². The fourth-order valence-electron chi connectivity index (χ4n) is 3.75. The Morgan fingerprint density at radius 3 is 2.71 bits per heavy atom. The summed E-state index contributed by atoms with van der Waals surface area (Å²) >= 11 is 1.81. The minimum Gasteiger partial charge on any atom is -0.369 e. The zero-order valence-corrected chi connectivity index (χ0v) is 17.7. The average Bonchev–Trinajstić information content (AvgIpc) is 2.98. The second-order valence-corrected chi connectivity index (χ2v) is 10.2. The Hall–Kier alpha value is -2.03. The van der Waals surface area contributed by atoms with E-state index in [9.17, 15) is 8.42 Å². The SMILES string of the molecule is Cc1nc(NCCc2ccc(S(N)(=O)=O)cc2)c2c3c(sc2n1)C[C@H](C)CC3. The number of sulfonamides is 1. The predicted octanol–water partition coefficient (Wildman–Crippen LogP) is 3.43. The number of aryl methyl sites for hydroxylation is 2. The minimum absolute atomic E-state index is 0.136. The van der Waals surface area contributed by atoms with E-state index >= 15 is 0 Å². The van der Waals surface area contributed by atoms with Crippen LogP contribution in [0.5, 0.6) is 0 Å². The maximum Gasteiger partial charge on any atom is 0.238 e. The number of nitrogens with two attached hydrogens (primary N) is 1. The van der Waals surface area contributed by atoms with Crippen molar-refractivity contribution in [2.45, 2.75) is 44.4 Å². The maximum absolute atomic E-state index is 11.4. The average molecular weight is 417 g/mol. The van der Waals surface area contributed by atoms with Gasteiger partial charge in [0, 0.05) is 11.4 Å². The number of rotatable bonds is 5. The van der Waals surface area contributed by atoms with Crippen molar-refractivity contribution in [3.63, 3.8) is 0 Å². The third-order valence-corrected chi connectivity index (χ3v) is 7.30. The molecular formula is C20H24N4O2S2. The van der Waals surface area contributed by atoms with Crippen molar-refractivity contribution >= 4 is 37.4 Å². The molecule has 0 bridgehead atoms. The molecule has 0 saturated carbocycles. The molecule has 3 N–H and O–H groups in total. The molecule has 2 aromatic heterocycles. The summed E-state index contributed by atoms with van der Waals surface area (Å²) in [7, 11) is -3.65. The van der Waals surface area contributed by atoms with E-state index in [0.717, 1.165) is 47.2 Å².